The number of aryl methyl sites for hydroxylation is 2. The van der Waals surface area contributed by atoms with Crippen LogP contribution in [0.1, 0.15) is 11.1 Å². The summed E-state index contributed by atoms with van der Waals surface area (Å²) in [6.07, 6.45) is 2.30. The van der Waals surface area contributed by atoms with Crippen molar-refractivity contribution >= 4 is 27.3 Å². The van der Waals surface area contributed by atoms with Crippen LogP contribution in [0.2, 0.25) is 0 Å². The van der Waals surface area contributed by atoms with E-state index in [-0.39, 0.29) is 16.9 Å². The SMILES string of the molecule is Cc1cc([N+](=O)[O-])c[nH]c1=O.Cc1cc([N+](=O)[O-])cnc1Br. The van der Waals surface area contributed by atoms with Gasteiger partial charge in [0.05, 0.1) is 16.0 Å². The third-order valence-corrected chi connectivity index (χ3v) is 3.33. The number of aromatic amines is 1. The maximum Gasteiger partial charge on any atom is 0.287 e. The van der Waals surface area contributed by atoms with Gasteiger partial charge < -0.3 is 4.98 Å². The minimum Gasteiger partial charge on any atom is -0.323 e. The summed E-state index contributed by atoms with van der Waals surface area (Å²) in [5, 5.41) is 20.4. The molecule has 10 heteroatoms. The Kier molecular flexibility index (Phi) is 5.87. The van der Waals surface area contributed by atoms with Gasteiger partial charge in [-0.1, -0.05) is 0 Å². The molecule has 0 fully saturated rings. The highest BCUT2D eigenvalue weighted by Gasteiger charge is 2.07. The fourth-order valence-corrected chi connectivity index (χ4v) is 1.55. The molecule has 116 valence electrons. The van der Waals surface area contributed by atoms with E-state index in [4.69, 9.17) is 0 Å². The largest absolute Gasteiger partial charge is 0.323 e. The van der Waals surface area contributed by atoms with Crippen LogP contribution in [0.3, 0.4) is 0 Å². The molecule has 2 aromatic rings. The Morgan fingerprint density at radius 3 is 2.09 bits per heavy atom. The highest BCUT2D eigenvalue weighted by molar-refractivity contribution is 9.10. The van der Waals surface area contributed by atoms with Crippen molar-refractivity contribution in [2.75, 3.05) is 0 Å². The monoisotopic (exact) mass is 370 g/mol. The molecule has 0 aromatic carbocycles. The maximum atomic E-state index is 10.7. The summed E-state index contributed by atoms with van der Waals surface area (Å²) in [7, 11) is 0. The van der Waals surface area contributed by atoms with E-state index in [2.05, 4.69) is 25.9 Å². The first-order valence-corrected chi connectivity index (χ1v) is 6.62. The molecular weight excluding hydrogens is 360 g/mol. The van der Waals surface area contributed by atoms with E-state index < -0.39 is 9.85 Å². The van der Waals surface area contributed by atoms with Gasteiger partial charge in [0.25, 0.3) is 16.9 Å². The van der Waals surface area contributed by atoms with Gasteiger partial charge in [0, 0.05) is 17.7 Å². The fourth-order valence-electron chi connectivity index (χ4n) is 1.33. The van der Waals surface area contributed by atoms with Crippen LogP contribution in [0.15, 0.2) is 33.9 Å². The minimum atomic E-state index is -0.553. The van der Waals surface area contributed by atoms with Gasteiger partial charge in [0.1, 0.15) is 10.8 Å². The van der Waals surface area contributed by atoms with Crippen molar-refractivity contribution < 1.29 is 9.85 Å². The Morgan fingerprint density at radius 2 is 1.64 bits per heavy atom. The molecule has 0 spiro atoms. The Bertz CT molecular complexity index is 774. The number of nitro groups is 2. The first-order valence-electron chi connectivity index (χ1n) is 5.82. The van der Waals surface area contributed by atoms with Crippen LogP contribution in [0.4, 0.5) is 11.4 Å². The molecule has 0 aliphatic heterocycles. The number of hydrogen-bond donors (Lipinski definition) is 1. The normalized spacial score (nSPS) is 9.59. The molecule has 0 saturated carbocycles. The lowest BCUT2D eigenvalue weighted by Gasteiger charge is -1.94. The maximum absolute atomic E-state index is 10.7. The zero-order valence-corrected chi connectivity index (χ0v) is 13.2. The van der Waals surface area contributed by atoms with Gasteiger partial charge in [0.15, 0.2) is 0 Å². The van der Waals surface area contributed by atoms with Crippen molar-refractivity contribution in [2.24, 2.45) is 0 Å². The van der Waals surface area contributed by atoms with Crippen molar-refractivity contribution in [1.29, 1.82) is 0 Å². The molecule has 0 aliphatic carbocycles. The molecular formula is C12H11BrN4O5. The highest BCUT2D eigenvalue weighted by Crippen LogP contribution is 2.17. The summed E-state index contributed by atoms with van der Waals surface area (Å²) >= 11 is 3.14. The lowest BCUT2D eigenvalue weighted by atomic mass is 10.3. The summed E-state index contributed by atoms with van der Waals surface area (Å²) in [5.41, 5.74) is 0.738. The van der Waals surface area contributed by atoms with Crippen LogP contribution in [0, 0.1) is 34.1 Å². The smallest absolute Gasteiger partial charge is 0.287 e. The van der Waals surface area contributed by atoms with Crippen molar-refractivity contribution in [3.05, 3.63) is 70.8 Å². The van der Waals surface area contributed by atoms with E-state index in [1.54, 1.807) is 6.92 Å². The average molecular weight is 371 g/mol. The Morgan fingerprint density at radius 1 is 1.09 bits per heavy atom. The van der Waals surface area contributed by atoms with Crippen molar-refractivity contribution in [1.82, 2.24) is 9.97 Å². The van der Waals surface area contributed by atoms with E-state index >= 15 is 0 Å². The summed E-state index contributed by atoms with van der Waals surface area (Å²) in [4.78, 5) is 36.1. The number of nitrogens with one attached hydrogen (secondary N) is 1. The van der Waals surface area contributed by atoms with Crippen LogP contribution in [-0.2, 0) is 0 Å². The first kappa shape index (κ1) is 17.4. The lowest BCUT2D eigenvalue weighted by molar-refractivity contribution is -0.385. The Hall–Kier alpha value is -2.62. The standard InChI is InChI=1S/C6H5BrN2O2.C6H6N2O3/c1-4-2-5(9(10)11)3-8-6(4)7;1-4-2-5(8(10)11)3-7-6(4)9/h2-3H,1H3;2-3H,1H3,(H,7,9). The van der Waals surface area contributed by atoms with E-state index in [0.717, 1.165) is 11.8 Å². The molecule has 0 unspecified atom stereocenters. The van der Waals surface area contributed by atoms with E-state index in [0.29, 0.717) is 10.2 Å². The molecule has 22 heavy (non-hydrogen) atoms. The van der Waals surface area contributed by atoms with E-state index in [1.165, 1.54) is 25.3 Å². The van der Waals surface area contributed by atoms with Crippen molar-refractivity contribution in [3.8, 4) is 0 Å². The molecule has 0 aliphatic rings. The number of halogens is 1. The van der Waals surface area contributed by atoms with Crippen LogP contribution < -0.4 is 5.56 Å². The summed E-state index contributed by atoms with van der Waals surface area (Å²) in [5.74, 6) is 0. The fraction of sp³-hybridized carbons (Fsp3) is 0.167. The third kappa shape index (κ3) is 4.74. The lowest BCUT2D eigenvalue weighted by Crippen LogP contribution is -2.08. The summed E-state index contributed by atoms with van der Waals surface area (Å²) in [6, 6.07) is 2.70. The third-order valence-electron chi connectivity index (χ3n) is 2.50. The molecule has 1 N–H and O–H groups in total. The second kappa shape index (κ2) is 7.41. The number of rotatable bonds is 2. The minimum absolute atomic E-state index is 0.0192. The molecule has 2 aromatic heterocycles. The zero-order valence-electron chi connectivity index (χ0n) is 11.6. The number of pyridine rings is 2. The number of nitrogens with zero attached hydrogens (tertiary/aromatic N) is 3. The molecule has 0 bridgehead atoms. The summed E-state index contributed by atoms with van der Waals surface area (Å²) < 4.78 is 0.642. The molecule has 2 heterocycles. The number of hydrogen-bond acceptors (Lipinski definition) is 6. The molecule has 0 atom stereocenters. The predicted octanol–water partition coefficient (Wildman–Crippen LogP) is 2.65. The van der Waals surface area contributed by atoms with Crippen LogP contribution >= 0.6 is 15.9 Å². The number of aromatic nitrogens is 2. The highest BCUT2D eigenvalue weighted by atomic mass is 79.9. The van der Waals surface area contributed by atoms with Crippen LogP contribution in [0.25, 0.3) is 0 Å². The predicted molar refractivity (Wildman–Crippen MR) is 81.8 cm³/mol. The average Bonchev–Trinajstić information content (AvgIpc) is 2.45. The second-order valence-corrected chi connectivity index (χ2v) is 4.94. The quantitative estimate of drug-likeness (QED) is 0.490. The van der Waals surface area contributed by atoms with E-state index in [1.807, 2.05) is 0 Å². The first-order chi connectivity index (χ1) is 10.2. The van der Waals surface area contributed by atoms with E-state index in [9.17, 15) is 25.0 Å². The van der Waals surface area contributed by atoms with Gasteiger partial charge in [-0.2, -0.15) is 0 Å². The topological polar surface area (TPSA) is 132 Å². The molecule has 0 amide bonds. The Balaban J connectivity index is 0.000000220. The van der Waals surface area contributed by atoms with Gasteiger partial charge in [-0.25, -0.2) is 4.98 Å². The van der Waals surface area contributed by atoms with Crippen LogP contribution in [-0.4, -0.2) is 19.8 Å². The van der Waals surface area contributed by atoms with Gasteiger partial charge >= 0.3 is 0 Å². The molecule has 0 saturated heterocycles. The summed E-state index contributed by atoms with van der Waals surface area (Å²) in [6.45, 7) is 3.27. The van der Waals surface area contributed by atoms with Gasteiger partial charge in [-0.05, 0) is 35.3 Å². The zero-order chi connectivity index (χ0) is 16.9. The molecule has 9 nitrogen and oxygen atoms in total. The second-order valence-electron chi connectivity index (χ2n) is 4.19. The van der Waals surface area contributed by atoms with Crippen molar-refractivity contribution in [3.63, 3.8) is 0 Å². The van der Waals surface area contributed by atoms with Crippen molar-refractivity contribution in [2.45, 2.75) is 13.8 Å². The molecule has 2 rings (SSSR count). The Labute approximate surface area is 132 Å². The van der Waals surface area contributed by atoms with Crippen LogP contribution in [0.5, 0.6) is 0 Å². The van der Waals surface area contributed by atoms with Gasteiger partial charge in [-0.3, -0.25) is 25.0 Å². The van der Waals surface area contributed by atoms with Gasteiger partial charge in [0.2, 0.25) is 0 Å². The number of H-pyrrole nitrogens is 1. The van der Waals surface area contributed by atoms with Gasteiger partial charge in [-0.15, -0.1) is 0 Å². The molecule has 0 radical (unpaired) electrons.